The number of nitrogens with zero attached hydrogens (tertiary/aromatic N) is 2. The Labute approximate surface area is 62.3 Å². The van der Waals surface area contributed by atoms with Crippen molar-refractivity contribution in [3.8, 4) is 0 Å². The third-order valence-electron chi connectivity index (χ3n) is 1.49. The first-order valence-electron chi connectivity index (χ1n) is 3.17. The third kappa shape index (κ3) is 0.813. The average molecular weight is 150 g/mol. The number of nitrogens with one attached hydrogen (secondary N) is 1. The number of amidine groups is 1. The molecule has 0 unspecified atom stereocenters. The van der Waals surface area contributed by atoms with Gasteiger partial charge in [-0.25, -0.2) is 9.98 Å². The fraction of sp³-hybridized carbons (Fsp3) is 0.167. The van der Waals surface area contributed by atoms with Crippen molar-refractivity contribution < 1.29 is 4.79 Å². The summed E-state index contributed by atoms with van der Waals surface area (Å²) in [6.07, 6.45) is 1.62. The van der Waals surface area contributed by atoms with E-state index >= 15 is 0 Å². The predicted octanol–water partition coefficient (Wildman–Crippen LogP) is -0.0152. The Kier molecular flexibility index (Phi) is 1.06. The van der Waals surface area contributed by atoms with Crippen molar-refractivity contribution in [2.45, 2.75) is 6.42 Å². The number of hydrogen-bond acceptors (Lipinski definition) is 4. The molecule has 0 bridgehead atoms. The molecule has 0 aliphatic carbocycles. The lowest BCUT2D eigenvalue weighted by Gasteiger charge is -2.04. The van der Waals surface area contributed by atoms with Crippen LogP contribution in [-0.4, -0.2) is 21.6 Å². The van der Waals surface area contributed by atoms with Gasteiger partial charge in [0.15, 0.2) is 11.6 Å². The molecule has 56 valence electrons. The molecule has 0 amide bonds. The highest BCUT2D eigenvalue weighted by atomic mass is 16.1. The Morgan fingerprint density at radius 1 is 1.64 bits per heavy atom. The van der Waals surface area contributed by atoms with Crippen LogP contribution in [0.15, 0.2) is 11.3 Å². The van der Waals surface area contributed by atoms with E-state index in [-0.39, 0.29) is 12.2 Å². The quantitative estimate of drug-likeness (QED) is 0.545. The number of aliphatic imine (C=N–C) groups is 1. The van der Waals surface area contributed by atoms with E-state index < -0.39 is 0 Å². The van der Waals surface area contributed by atoms with Crippen LogP contribution in [0.4, 0.5) is 5.82 Å². The lowest BCUT2D eigenvalue weighted by atomic mass is 10.1. The van der Waals surface area contributed by atoms with Gasteiger partial charge in [-0.15, -0.1) is 0 Å². The predicted molar refractivity (Wildman–Crippen MR) is 38.8 cm³/mol. The Hall–Kier alpha value is -1.65. The Bertz CT molecular complexity index is 338. The molecule has 1 aromatic heterocycles. The number of fused-ring (bicyclic) bond motifs is 1. The van der Waals surface area contributed by atoms with E-state index in [1.807, 2.05) is 0 Å². The van der Waals surface area contributed by atoms with Gasteiger partial charge in [-0.1, -0.05) is 0 Å². The minimum atomic E-state index is -0.0509. The van der Waals surface area contributed by atoms with E-state index in [4.69, 9.17) is 5.73 Å². The minimum Gasteiger partial charge on any atom is -0.387 e. The van der Waals surface area contributed by atoms with Crippen LogP contribution in [0.3, 0.4) is 0 Å². The number of rotatable bonds is 0. The van der Waals surface area contributed by atoms with Crippen LogP contribution < -0.4 is 5.73 Å². The molecule has 5 nitrogen and oxygen atoms in total. The monoisotopic (exact) mass is 150 g/mol. The largest absolute Gasteiger partial charge is 0.387 e. The topological polar surface area (TPSA) is 84.1 Å². The van der Waals surface area contributed by atoms with Crippen LogP contribution in [-0.2, 0) is 0 Å². The molecule has 0 radical (unpaired) electrons. The molecule has 0 saturated heterocycles. The molecule has 0 spiro atoms. The Balaban J connectivity index is 2.60. The molecular weight excluding hydrogens is 144 g/mol. The maximum absolute atomic E-state index is 11.1. The molecule has 0 fully saturated rings. The molecule has 1 aromatic rings. The summed E-state index contributed by atoms with van der Waals surface area (Å²) in [7, 11) is 0. The zero-order valence-electron chi connectivity index (χ0n) is 5.66. The molecule has 2 rings (SSSR count). The maximum Gasteiger partial charge on any atom is 0.190 e. The summed E-state index contributed by atoms with van der Waals surface area (Å²) in [5.74, 6) is 0.679. The summed E-state index contributed by atoms with van der Waals surface area (Å²) in [5, 5.41) is 0. The van der Waals surface area contributed by atoms with Gasteiger partial charge in [0, 0.05) is 0 Å². The van der Waals surface area contributed by atoms with Crippen molar-refractivity contribution in [2.24, 2.45) is 10.7 Å². The third-order valence-corrected chi connectivity index (χ3v) is 1.49. The van der Waals surface area contributed by atoms with E-state index in [1.54, 1.807) is 0 Å². The van der Waals surface area contributed by atoms with Crippen molar-refractivity contribution >= 4 is 17.4 Å². The number of imidazole rings is 1. The minimum absolute atomic E-state index is 0.0509. The number of H-pyrrole nitrogens is 1. The van der Waals surface area contributed by atoms with E-state index in [0.717, 1.165) is 0 Å². The van der Waals surface area contributed by atoms with Crippen LogP contribution in [0.25, 0.3) is 0 Å². The van der Waals surface area contributed by atoms with Crippen molar-refractivity contribution in [1.82, 2.24) is 9.97 Å². The molecule has 0 aromatic carbocycles. The van der Waals surface area contributed by atoms with E-state index in [0.29, 0.717) is 17.3 Å². The number of carbonyl (C=O) groups excluding carboxylic acids is 1. The van der Waals surface area contributed by atoms with Crippen molar-refractivity contribution in [2.75, 3.05) is 0 Å². The molecule has 2 heterocycles. The maximum atomic E-state index is 11.1. The first kappa shape index (κ1) is 6.09. The summed E-state index contributed by atoms with van der Waals surface area (Å²) >= 11 is 0. The van der Waals surface area contributed by atoms with Crippen molar-refractivity contribution in [1.29, 1.82) is 0 Å². The summed E-state index contributed by atoms with van der Waals surface area (Å²) in [4.78, 5) is 21.5. The molecule has 5 heteroatoms. The molecule has 3 N–H and O–H groups in total. The lowest BCUT2D eigenvalue weighted by Crippen LogP contribution is -2.20. The fourth-order valence-electron chi connectivity index (χ4n) is 1.01. The van der Waals surface area contributed by atoms with Crippen LogP contribution in [0, 0.1) is 0 Å². The lowest BCUT2D eigenvalue weighted by molar-refractivity contribution is 0.0995. The van der Waals surface area contributed by atoms with Crippen molar-refractivity contribution in [3.63, 3.8) is 0 Å². The zero-order valence-corrected chi connectivity index (χ0v) is 5.66. The molecule has 0 atom stereocenters. The van der Waals surface area contributed by atoms with Gasteiger partial charge in [-0.2, -0.15) is 0 Å². The van der Waals surface area contributed by atoms with Gasteiger partial charge in [-0.05, 0) is 0 Å². The van der Waals surface area contributed by atoms with Gasteiger partial charge < -0.3 is 10.7 Å². The van der Waals surface area contributed by atoms with E-state index in [1.165, 1.54) is 6.33 Å². The average Bonchev–Trinajstić information content (AvgIpc) is 2.34. The Morgan fingerprint density at radius 3 is 3.27 bits per heavy atom. The number of aromatic amines is 1. The standard InChI is InChI=1S/C6H6N4O/c7-4-1-3(11)5-6(10-4)9-2-8-5/h2H,1H2,(H2,7,10)(H,8,9). The number of aromatic nitrogens is 2. The second kappa shape index (κ2) is 1.91. The van der Waals surface area contributed by atoms with Crippen LogP contribution in [0.1, 0.15) is 16.9 Å². The van der Waals surface area contributed by atoms with Gasteiger partial charge in [0.05, 0.1) is 12.7 Å². The first-order valence-corrected chi connectivity index (χ1v) is 3.17. The van der Waals surface area contributed by atoms with Gasteiger partial charge >= 0.3 is 0 Å². The molecular formula is C6H6N4O. The molecule has 11 heavy (non-hydrogen) atoms. The van der Waals surface area contributed by atoms with Gasteiger partial charge in [0.1, 0.15) is 11.5 Å². The van der Waals surface area contributed by atoms with E-state index in [2.05, 4.69) is 15.0 Å². The number of Topliss-reactive ketones (excluding diaryl/α,β-unsaturated/α-hetero) is 1. The van der Waals surface area contributed by atoms with Gasteiger partial charge in [0.25, 0.3) is 0 Å². The number of nitrogens with two attached hydrogens (primary N) is 1. The number of carbonyl (C=O) groups is 1. The fourth-order valence-corrected chi connectivity index (χ4v) is 1.01. The van der Waals surface area contributed by atoms with Crippen LogP contribution >= 0.6 is 0 Å². The zero-order chi connectivity index (χ0) is 7.84. The summed E-state index contributed by atoms with van der Waals surface area (Å²) in [6, 6.07) is 0. The van der Waals surface area contributed by atoms with Crippen LogP contribution in [0.2, 0.25) is 0 Å². The SMILES string of the molecule is NC1=Nc2nc[nH]c2C(=O)C1. The summed E-state index contributed by atoms with van der Waals surface area (Å²) in [6.45, 7) is 0. The molecule has 1 aliphatic heterocycles. The first-order chi connectivity index (χ1) is 5.27. The highest BCUT2D eigenvalue weighted by Crippen LogP contribution is 2.19. The number of ketones is 1. The van der Waals surface area contributed by atoms with Crippen LogP contribution in [0.5, 0.6) is 0 Å². The smallest absolute Gasteiger partial charge is 0.190 e. The summed E-state index contributed by atoms with van der Waals surface area (Å²) in [5.41, 5.74) is 5.83. The normalized spacial score (nSPS) is 16.0. The van der Waals surface area contributed by atoms with Gasteiger partial charge in [-0.3, -0.25) is 4.79 Å². The second-order valence-electron chi connectivity index (χ2n) is 2.30. The highest BCUT2D eigenvalue weighted by molar-refractivity contribution is 6.13. The second-order valence-corrected chi connectivity index (χ2v) is 2.30. The molecule has 0 saturated carbocycles. The summed E-state index contributed by atoms with van der Waals surface area (Å²) < 4.78 is 0. The van der Waals surface area contributed by atoms with E-state index in [9.17, 15) is 4.79 Å². The van der Waals surface area contributed by atoms with Gasteiger partial charge in [0.2, 0.25) is 0 Å². The Morgan fingerprint density at radius 2 is 2.45 bits per heavy atom. The van der Waals surface area contributed by atoms with Crippen molar-refractivity contribution in [3.05, 3.63) is 12.0 Å². The highest BCUT2D eigenvalue weighted by Gasteiger charge is 2.19. The number of hydrogen-bond donors (Lipinski definition) is 2. The molecule has 1 aliphatic rings.